The molecule has 0 saturated carbocycles. The molecule has 2 rings (SSSR count). The molecule has 0 spiro atoms. The number of hydrogen-bond donors (Lipinski definition) is 1. The van der Waals surface area contributed by atoms with Crippen LogP contribution in [0.2, 0.25) is 10.0 Å². The molecule has 0 bridgehead atoms. The van der Waals surface area contributed by atoms with E-state index in [1.54, 1.807) is 42.5 Å². The molecule has 0 fully saturated rings. The Hall–Kier alpha value is -1.91. The van der Waals surface area contributed by atoms with Gasteiger partial charge in [0.25, 0.3) is 0 Å². The summed E-state index contributed by atoms with van der Waals surface area (Å²) < 4.78 is 10.9. The van der Waals surface area contributed by atoms with Crippen molar-refractivity contribution in [2.45, 2.75) is 12.7 Å². The molecule has 0 aliphatic rings. The molecule has 1 N–H and O–H groups in total. The second-order valence-corrected chi connectivity index (χ2v) is 5.11. The summed E-state index contributed by atoms with van der Waals surface area (Å²) in [4.78, 5) is 11.5. The number of para-hydroxylation sites is 1. The minimum absolute atomic E-state index is 0.128. The summed E-state index contributed by atoms with van der Waals surface area (Å²) in [5.41, 5.74) is 0. The van der Waals surface area contributed by atoms with Crippen molar-refractivity contribution in [1.29, 1.82) is 0 Å². The first kappa shape index (κ1) is 15.5. The van der Waals surface area contributed by atoms with Crippen LogP contribution < -0.4 is 9.47 Å². The Bertz CT molecular complexity index is 645. The van der Waals surface area contributed by atoms with Crippen molar-refractivity contribution >= 4 is 29.2 Å². The third-order valence-corrected chi connectivity index (χ3v) is 3.47. The molecule has 2 aromatic rings. The third-order valence-electron chi connectivity index (χ3n) is 2.67. The van der Waals surface area contributed by atoms with Gasteiger partial charge in [-0.2, -0.15) is 0 Å². The first-order valence-corrected chi connectivity index (χ1v) is 6.78. The number of carboxylic acids is 1. The molecule has 2 aromatic carbocycles. The summed E-state index contributed by atoms with van der Waals surface area (Å²) >= 11 is 11.9. The molecule has 0 radical (unpaired) electrons. The first-order chi connectivity index (χ1) is 9.92. The maximum atomic E-state index is 11.5. The van der Waals surface area contributed by atoms with E-state index in [1.807, 2.05) is 0 Å². The van der Waals surface area contributed by atoms with Crippen molar-refractivity contribution in [3.8, 4) is 11.5 Å². The Labute approximate surface area is 131 Å². The standard InChI is InChI=1S/C15H12Cl2O4/c1-15(14(18)19,20-10-6-3-2-4-7-10)21-12-9-5-8-11(16)13(12)17/h2-9H,1H3,(H,18,19). The van der Waals surface area contributed by atoms with Crippen molar-refractivity contribution in [3.63, 3.8) is 0 Å². The number of rotatable bonds is 5. The number of ether oxygens (including phenoxy) is 2. The van der Waals surface area contributed by atoms with E-state index in [-0.39, 0.29) is 15.8 Å². The van der Waals surface area contributed by atoms with E-state index >= 15 is 0 Å². The third kappa shape index (κ3) is 3.60. The molecular formula is C15H12Cl2O4. The number of halogens is 2. The van der Waals surface area contributed by atoms with E-state index in [1.165, 1.54) is 13.0 Å². The van der Waals surface area contributed by atoms with Crippen LogP contribution in [0.1, 0.15) is 6.92 Å². The fourth-order valence-corrected chi connectivity index (χ4v) is 1.92. The van der Waals surface area contributed by atoms with E-state index in [0.29, 0.717) is 5.75 Å². The molecule has 1 atom stereocenters. The van der Waals surface area contributed by atoms with Crippen LogP contribution in [0.4, 0.5) is 0 Å². The molecule has 4 nitrogen and oxygen atoms in total. The number of aliphatic carboxylic acids is 1. The van der Waals surface area contributed by atoms with Crippen molar-refractivity contribution in [3.05, 3.63) is 58.6 Å². The van der Waals surface area contributed by atoms with E-state index < -0.39 is 11.8 Å². The monoisotopic (exact) mass is 326 g/mol. The van der Waals surface area contributed by atoms with Crippen LogP contribution in [0, 0.1) is 0 Å². The highest BCUT2D eigenvalue weighted by Gasteiger charge is 2.39. The van der Waals surface area contributed by atoms with Crippen molar-refractivity contribution in [2.75, 3.05) is 0 Å². The molecule has 0 aliphatic heterocycles. The summed E-state index contributed by atoms with van der Waals surface area (Å²) in [6, 6.07) is 13.2. The lowest BCUT2D eigenvalue weighted by Gasteiger charge is -2.27. The number of carboxylic acid groups (broad SMARTS) is 1. The molecule has 0 saturated heterocycles. The predicted molar refractivity (Wildman–Crippen MR) is 80.2 cm³/mol. The summed E-state index contributed by atoms with van der Waals surface area (Å²) in [5, 5.41) is 9.78. The van der Waals surface area contributed by atoms with Crippen molar-refractivity contribution in [2.24, 2.45) is 0 Å². The SMILES string of the molecule is CC(Oc1ccccc1)(Oc1cccc(Cl)c1Cl)C(=O)O. The van der Waals surface area contributed by atoms with E-state index in [0.717, 1.165) is 0 Å². The second-order valence-electron chi connectivity index (χ2n) is 4.32. The molecule has 0 amide bonds. The van der Waals surface area contributed by atoms with Gasteiger partial charge in [-0.15, -0.1) is 0 Å². The predicted octanol–water partition coefficient (Wildman–Crippen LogP) is 4.25. The normalized spacial score (nSPS) is 13.3. The van der Waals surface area contributed by atoms with Crippen LogP contribution in [0.3, 0.4) is 0 Å². The smallest absolute Gasteiger partial charge is 0.390 e. The maximum Gasteiger partial charge on any atom is 0.390 e. The Kier molecular flexibility index (Phi) is 4.60. The summed E-state index contributed by atoms with van der Waals surface area (Å²) in [6.07, 6.45) is 0. The summed E-state index contributed by atoms with van der Waals surface area (Å²) in [5.74, 6) is -2.73. The number of hydrogen-bond acceptors (Lipinski definition) is 3. The quantitative estimate of drug-likeness (QED) is 0.834. The fraction of sp³-hybridized carbons (Fsp3) is 0.133. The number of benzene rings is 2. The highest BCUT2D eigenvalue weighted by molar-refractivity contribution is 6.42. The minimum Gasteiger partial charge on any atom is -0.475 e. The molecule has 0 aliphatic carbocycles. The zero-order valence-electron chi connectivity index (χ0n) is 11.0. The Morgan fingerprint density at radius 1 is 1.05 bits per heavy atom. The summed E-state index contributed by atoms with van der Waals surface area (Å²) in [6.45, 7) is 1.29. The molecule has 6 heteroatoms. The van der Waals surface area contributed by atoms with Crippen LogP contribution in [0.15, 0.2) is 48.5 Å². The lowest BCUT2D eigenvalue weighted by Crippen LogP contribution is -2.47. The Morgan fingerprint density at radius 3 is 2.33 bits per heavy atom. The number of carbonyl (C=O) groups is 1. The van der Waals surface area contributed by atoms with Gasteiger partial charge in [-0.1, -0.05) is 47.5 Å². The van der Waals surface area contributed by atoms with Gasteiger partial charge < -0.3 is 14.6 Å². The van der Waals surface area contributed by atoms with Gasteiger partial charge in [0, 0.05) is 6.92 Å². The molecular weight excluding hydrogens is 315 g/mol. The van der Waals surface area contributed by atoms with Crippen LogP contribution >= 0.6 is 23.2 Å². The van der Waals surface area contributed by atoms with Crippen molar-refractivity contribution < 1.29 is 19.4 Å². The maximum absolute atomic E-state index is 11.5. The van der Waals surface area contributed by atoms with Gasteiger partial charge in [0.2, 0.25) is 0 Å². The second kappa shape index (κ2) is 6.24. The van der Waals surface area contributed by atoms with E-state index in [9.17, 15) is 9.90 Å². The molecule has 0 heterocycles. The topological polar surface area (TPSA) is 55.8 Å². The van der Waals surface area contributed by atoms with Gasteiger partial charge in [0.15, 0.2) is 0 Å². The van der Waals surface area contributed by atoms with Crippen molar-refractivity contribution in [1.82, 2.24) is 0 Å². The average molecular weight is 327 g/mol. The lowest BCUT2D eigenvalue weighted by molar-refractivity contribution is -0.181. The van der Waals surface area contributed by atoms with Crippen LogP contribution in [0.25, 0.3) is 0 Å². The zero-order valence-corrected chi connectivity index (χ0v) is 12.6. The Morgan fingerprint density at radius 2 is 1.71 bits per heavy atom. The van der Waals surface area contributed by atoms with E-state index in [4.69, 9.17) is 32.7 Å². The summed E-state index contributed by atoms with van der Waals surface area (Å²) in [7, 11) is 0. The van der Waals surface area contributed by atoms with E-state index in [2.05, 4.69) is 0 Å². The highest BCUT2D eigenvalue weighted by Crippen LogP contribution is 2.34. The molecule has 21 heavy (non-hydrogen) atoms. The largest absolute Gasteiger partial charge is 0.475 e. The Balaban J connectivity index is 2.30. The highest BCUT2D eigenvalue weighted by atomic mass is 35.5. The fourth-order valence-electron chi connectivity index (χ4n) is 1.59. The van der Waals surface area contributed by atoms with Gasteiger partial charge in [-0.25, -0.2) is 4.79 Å². The molecule has 110 valence electrons. The van der Waals surface area contributed by atoms with Gasteiger partial charge in [-0.3, -0.25) is 0 Å². The molecule has 1 unspecified atom stereocenters. The van der Waals surface area contributed by atoms with Crippen LogP contribution in [-0.2, 0) is 4.79 Å². The first-order valence-electron chi connectivity index (χ1n) is 6.03. The average Bonchev–Trinajstić information content (AvgIpc) is 2.45. The van der Waals surface area contributed by atoms with Gasteiger partial charge in [-0.05, 0) is 24.3 Å². The lowest BCUT2D eigenvalue weighted by atomic mass is 10.3. The van der Waals surface area contributed by atoms with Crippen LogP contribution in [-0.4, -0.2) is 16.9 Å². The van der Waals surface area contributed by atoms with Gasteiger partial charge >= 0.3 is 11.8 Å². The van der Waals surface area contributed by atoms with Crippen LogP contribution in [0.5, 0.6) is 11.5 Å². The van der Waals surface area contributed by atoms with Gasteiger partial charge in [0.05, 0.1) is 5.02 Å². The minimum atomic E-state index is -1.93. The van der Waals surface area contributed by atoms with Gasteiger partial charge in [0.1, 0.15) is 16.5 Å². The molecule has 0 aromatic heterocycles. The zero-order chi connectivity index (χ0) is 15.5.